The second-order valence-electron chi connectivity index (χ2n) is 3.25. The summed E-state index contributed by atoms with van der Waals surface area (Å²) in [4.78, 5) is 10.6. The molecule has 0 saturated carbocycles. The van der Waals surface area contributed by atoms with Crippen LogP contribution in [0.1, 0.15) is 5.56 Å². The summed E-state index contributed by atoms with van der Waals surface area (Å²) in [6.45, 7) is 0.448. The van der Waals surface area contributed by atoms with Crippen molar-refractivity contribution in [3.8, 4) is 11.5 Å². The highest BCUT2D eigenvalue weighted by Crippen LogP contribution is 2.32. The Bertz CT molecular complexity index is 412. The van der Waals surface area contributed by atoms with Gasteiger partial charge >= 0.3 is 5.37 Å². The highest BCUT2D eigenvalue weighted by Gasteiger charge is 2.09. The van der Waals surface area contributed by atoms with Crippen molar-refractivity contribution in [2.45, 2.75) is 6.42 Å². The number of rotatable bonds is 5. The second kappa shape index (κ2) is 6.71. The summed E-state index contributed by atoms with van der Waals surface area (Å²) in [5, 5.41) is 1.95. The fourth-order valence-corrected chi connectivity index (χ4v) is 1.99. The van der Waals surface area contributed by atoms with Crippen molar-refractivity contribution in [3.05, 3.63) is 22.2 Å². The minimum atomic E-state index is -0.562. The molecule has 0 unspecified atom stereocenters. The van der Waals surface area contributed by atoms with Crippen molar-refractivity contribution < 1.29 is 14.3 Å². The first-order valence-electron chi connectivity index (χ1n) is 4.92. The minimum absolute atomic E-state index is 0.448. The van der Waals surface area contributed by atoms with Crippen LogP contribution in [0.4, 0.5) is 4.79 Å². The van der Waals surface area contributed by atoms with E-state index in [0.717, 1.165) is 21.5 Å². The molecule has 0 aliphatic carbocycles. The van der Waals surface area contributed by atoms with E-state index in [9.17, 15) is 4.79 Å². The number of carbonyl (C=O) groups is 1. The first-order chi connectivity index (χ1) is 8.08. The first kappa shape index (κ1) is 14.1. The van der Waals surface area contributed by atoms with Crippen molar-refractivity contribution in [2.75, 3.05) is 20.8 Å². The van der Waals surface area contributed by atoms with Crippen LogP contribution < -0.4 is 14.8 Å². The van der Waals surface area contributed by atoms with Gasteiger partial charge in [0.05, 0.1) is 18.7 Å². The predicted octanol–water partition coefficient (Wildman–Crippen LogP) is 2.96. The van der Waals surface area contributed by atoms with Gasteiger partial charge < -0.3 is 14.8 Å². The lowest BCUT2D eigenvalue weighted by Gasteiger charge is -2.12. The lowest BCUT2D eigenvalue weighted by Crippen LogP contribution is -2.19. The lowest BCUT2D eigenvalue weighted by atomic mass is 10.1. The Kier molecular flexibility index (Phi) is 5.58. The third-order valence-corrected chi connectivity index (χ3v) is 2.97. The van der Waals surface area contributed by atoms with Crippen LogP contribution in [0.5, 0.6) is 11.5 Å². The lowest BCUT2D eigenvalue weighted by molar-refractivity contribution is 0.260. The molecule has 0 aromatic heterocycles. The van der Waals surface area contributed by atoms with Crippen LogP contribution in [-0.4, -0.2) is 26.1 Å². The van der Waals surface area contributed by atoms with E-state index in [4.69, 9.17) is 21.1 Å². The summed E-state index contributed by atoms with van der Waals surface area (Å²) in [7, 11) is 3.19. The van der Waals surface area contributed by atoms with Crippen molar-refractivity contribution in [1.29, 1.82) is 0 Å². The zero-order chi connectivity index (χ0) is 12.8. The summed E-state index contributed by atoms with van der Waals surface area (Å²) in [5.41, 5.74) is 0.943. The average molecular weight is 323 g/mol. The van der Waals surface area contributed by atoms with Crippen LogP contribution in [0.15, 0.2) is 16.6 Å². The van der Waals surface area contributed by atoms with Crippen LogP contribution in [-0.2, 0) is 6.42 Å². The van der Waals surface area contributed by atoms with E-state index in [0.29, 0.717) is 13.0 Å². The molecule has 6 heteroatoms. The Balaban J connectivity index is 2.84. The van der Waals surface area contributed by atoms with Crippen molar-refractivity contribution in [1.82, 2.24) is 5.32 Å². The maximum absolute atomic E-state index is 10.6. The first-order valence-corrected chi connectivity index (χ1v) is 6.09. The normalized spacial score (nSPS) is 9.88. The largest absolute Gasteiger partial charge is 0.496 e. The molecule has 4 nitrogen and oxygen atoms in total. The molecule has 1 N–H and O–H groups in total. The molecule has 0 aliphatic heterocycles. The van der Waals surface area contributed by atoms with Gasteiger partial charge in [0.2, 0.25) is 0 Å². The van der Waals surface area contributed by atoms with E-state index < -0.39 is 5.37 Å². The van der Waals surface area contributed by atoms with Gasteiger partial charge in [0.1, 0.15) is 11.5 Å². The molecule has 1 aromatic carbocycles. The number of nitrogens with one attached hydrogen (secondary N) is 1. The fourth-order valence-electron chi connectivity index (χ4n) is 1.41. The predicted molar refractivity (Wildman–Crippen MR) is 70.2 cm³/mol. The number of benzene rings is 1. The van der Waals surface area contributed by atoms with Crippen molar-refractivity contribution >= 4 is 32.9 Å². The SMILES string of the molecule is COc1cc(CCNC(=O)Cl)c(OC)cc1Br. The Morgan fingerprint density at radius 2 is 2.00 bits per heavy atom. The summed E-state index contributed by atoms with van der Waals surface area (Å²) in [6, 6.07) is 3.69. The fraction of sp³-hybridized carbons (Fsp3) is 0.364. The zero-order valence-corrected chi connectivity index (χ0v) is 11.9. The van der Waals surface area contributed by atoms with Crippen LogP contribution in [0.25, 0.3) is 0 Å². The van der Waals surface area contributed by atoms with Gasteiger partial charge in [0.15, 0.2) is 0 Å². The standard InChI is InChI=1S/C11H13BrClNO3/c1-16-9-6-8(12)10(17-2)5-7(9)3-4-14-11(13)15/h5-6H,3-4H2,1-2H3,(H,14,15). The molecule has 1 rings (SSSR count). The number of ether oxygens (including phenoxy) is 2. The van der Waals surface area contributed by atoms with Gasteiger partial charge in [0, 0.05) is 6.54 Å². The Morgan fingerprint density at radius 3 is 2.53 bits per heavy atom. The van der Waals surface area contributed by atoms with Crippen LogP contribution in [0.3, 0.4) is 0 Å². The van der Waals surface area contributed by atoms with Gasteiger partial charge in [0.25, 0.3) is 0 Å². The molecule has 1 amide bonds. The number of halogens is 2. The molecule has 0 bridgehead atoms. The summed E-state index contributed by atoms with van der Waals surface area (Å²) in [5.74, 6) is 1.46. The van der Waals surface area contributed by atoms with Crippen LogP contribution in [0, 0.1) is 0 Å². The summed E-state index contributed by atoms with van der Waals surface area (Å²) < 4.78 is 11.3. The molecule has 94 valence electrons. The van der Waals surface area contributed by atoms with Gasteiger partial charge in [-0.2, -0.15) is 0 Å². The zero-order valence-electron chi connectivity index (χ0n) is 9.55. The number of hydrogen-bond acceptors (Lipinski definition) is 3. The maximum atomic E-state index is 10.6. The van der Waals surface area contributed by atoms with E-state index in [2.05, 4.69) is 21.2 Å². The van der Waals surface area contributed by atoms with Crippen LogP contribution >= 0.6 is 27.5 Å². The van der Waals surface area contributed by atoms with E-state index in [1.165, 1.54) is 0 Å². The number of carbonyl (C=O) groups excluding carboxylic acids is 1. The molecule has 0 radical (unpaired) electrons. The number of methoxy groups -OCH3 is 2. The molecular weight excluding hydrogens is 309 g/mol. The maximum Gasteiger partial charge on any atom is 0.313 e. The second-order valence-corrected chi connectivity index (χ2v) is 4.45. The molecule has 0 fully saturated rings. The monoisotopic (exact) mass is 321 g/mol. The highest BCUT2D eigenvalue weighted by atomic mass is 79.9. The molecule has 1 aromatic rings. The molecule has 0 atom stereocenters. The van der Waals surface area contributed by atoms with E-state index in [1.807, 2.05) is 12.1 Å². The number of amides is 1. The van der Waals surface area contributed by atoms with Gasteiger partial charge in [-0.1, -0.05) is 0 Å². The van der Waals surface area contributed by atoms with Gasteiger partial charge in [-0.15, -0.1) is 0 Å². The molecular formula is C11H13BrClNO3. The van der Waals surface area contributed by atoms with Crippen molar-refractivity contribution in [2.24, 2.45) is 0 Å². The van der Waals surface area contributed by atoms with Crippen molar-refractivity contribution in [3.63, 3.8) is 0 Å². The molecule has 0 spiro atoms. The quantitative estimate of drug-likeness (QED) is 0.670. The topological polar surface area (TPSA) is 47.6 Å². The Hall–Kier alpha value is -0.940. The van der Waals surface area contributed by atoms with Crippen LogP contribution in [0.2, 0.25) is 0 Å². The van der Waals surface area contributed by atoms with E-state index in [-0.39, 0.29) is 0 Å². The highest BCUT2D eigenvalue weighted by molar-refractivity contribution is 9.10. The van der Waals surface area contributed by atoms with Gasteiger partial charge in [-0.05, 0) is 51.6 Å². The van der Waals surface area contributed by atoms with Gasteiger partial charge in [-0.3, -0.25) is 4.79 Å². The molecule has 0 saturated heterocycles. The third-order valence-electron chi connectivity index (χ3n) is 2.21. The Morgan fingerprint density at radius 1 is 1.35 bits per heavy atom. The smallest absolute Gasteiger partial charge is 0.313 e. The summed E-state index contributed by atoms with van der Waals surface area (Å²) in [6.07, 6.45) is 0.616. The Labute approximate surface area is 113 Å². The molecule has 0 heterocycles. The van der Waals surface area contributed by atoms with E-state index in [1.54, 1.807) is 14.2 Å². The molecule has 17 heavy (non-hydrogen) atoms. The average Bonchev–Trinajstić information content (AvgIpc) is 2.30. The molecule has 0 aliphatic rings. The van der Waals surface area contributed by atoms with Gasteiger partial charge in [-0.25, -0.2) is 0 Å². The number of hydrogen-bond donors (Lipinski definition) is 1. The summed E-state index contributed by atoms with van der Waals surface area (Å²) >= 11 is 8.57. The van der Waals surface area contributed by atoms with E-state index >= 15 is 0 Å². The minimum Gasteiger partial charge on any atom is -0.496 e. The third kappa shape index (κ3) is 4.09.